The Balaban J connectivity index is 1.35. The van der Waals surface area contributed by atoms with Crippen LogP contribution in [0.15, 0.2) is 48.8 Å². The van der Waals surface area contributed by atoms with E-state index in [9.17, 15) is 19.1 Å². The summed E-state index contributed by atoms with van der Waals surface area (Å²) in [7, 11) is 1.54. The third-order valence-corrected chi connectivity index (χ3v) is 8.05. The molecule has 0 spiro atoms. The van der Waals surface area contributed by atoms with Crippen LogP contribution >= 0.6 is 0 Å². The molecule has 4 N–H and O–H groups in total. The minimum atomic E-state index is -1.55. The number of fused-ring (bicyclic) bond motifs is 1. The Kier molecular flexibility index (Phi) is 7.51. The molecule has 0 aliphatic heterocycles. The molecule has 2 fully saturated rings. The monoisotopic (exact) mass is 587 g/mol. The van der Waals surface area contributed by atoms with Gasteiger partial charge in [-0.15, -0.1) is 0 Å². The molecule has 0 radical (unpaired) electrons. The summed E-state index contributed by atoms with van der Waals surface area (Å²) in [5.41, 5.74) is 7.61. The maximum atomic E-state index is 13.8. The number of primary amides is 1. The van der Waals surface area contributed by atoms with Gasteiger partial charge in [-0.25, -0.2) is 14.4 Å². The number of nitrogens with zero attached hydrogens (tertiary/aromatic N) is 3. The van der Waals surface area contributed by atoms with Crippen LogP contribution in [0.25, 0.3) is 16.9 Å². The average Bonchev–Trinajstić information content (AvgIpc) is 3.93. The van der Waals surface area contributed by atoms with Crippen LogP contribution in [-0.4, -0.2) is 51.6 Å². The fourth-order valence-electron chi connectivity index (χ4n) is 5.49. The van der Waals surface area contributed by atoms with Crippen molar-refractivity contribution in [3.63, 3.8) is 0 Å². The number of benzene rings is 1. The number of pyridine rings is 2. The van der Waals surface area contributed by atoms with E-state index in [4.69, 9.17) is 20.2 Å². The zero-order valence-electron chi connectivity index (χ0n) is 24.1. The molecule has 43 heavy (non-hydrogen) atoms. The van der Waals surface area contributed by atoms with Gasteiger partial charge in [0.1, 0.15) is 22.9 Å². The Morgan fingerprint density at radius 3 is 2.51 bits per heavy atom. The van der Waals surface area contributed by atoms with E-state index >= 15 is 0 Å². The van der Waals surface area contributed by atoms with Crippen LogP contribution in [0.5, 0.6) is 11.5 Å². The third kappa shape index (κ3) is 5.77. The second-order valence-corrected chi connectivity index (χ2v) is 11.3. The summed E-state index contributed by atoms with van der Waals surface area (Å²) in [5.74, 6) is -0.316. The van der Waals surface area contributed by atoms with E-state index in [1.807, 2.05) is 6.20 Å². The van der Waals surface area contributed by atoms with Crippen molar-refractivity contribution < 1.29 is 28.6 Å². The molecule has 1 atom stereocenters. The minimum absolute atomic E-state index is 0.131. The molecular formula is C32H34FN5O5. The molecule has 0 bridgehead atoms. The lowest BCUT2D eigenvalue weighted by Crippen LogP contribution is -2.43. The minimum Gasteiger partial charge on any atom is -0.493 e. The third-order valence-electron chi connectivity index (χ3n) is 8.05. The fraction of sp³-hybridized carbons (Fsp3) is 0.375. The summed E-state index contributed by atoms with van der Waals surface area (Å²) >= 11 is 0. The van der Waals surface area contributed by atoms with Gasteiger partial charge in [0, 0.05) is 29.4 Å². The van der Waals surface area contributed by atoms with Crippen molar-refractivity contribution in [3.05, 3.63) is 77.1 Å². The Labute approximate surface area is 248 Å². The number of amides is 2. The highest BCUT2D eigenvalue weighted by atomic mass is 19.1. The van der Waals surface area contributed by atoms with Crippen LogP contribution in [0, 0.1) is 11.7 Å². The van der Waals surface area contributed by atoms with E-state index in [0.29, 0.717) is 45.4 Å². The first kappa shape index (κ1) is 28.6. The normalized spacial score (nSPS) is 16.1. The Morgan fingerprint density at radius 1 is 1.14 bits per heavy atom. The summed E-state index contributed by atoms with van der Waals surface area (Å²) in [6, 6.07) is 8.98. The number of aromatic nitrogens is 3. The number of nitrogens with two attached hydrogens (primary N) is 1. The number of hydrogen-bond donors (Lipinski definition) is 3. The highest BCUT2D eigenvalue weighted by molar-refractivity contribution is 5.95. The van der Waals surface area contributed by atoms with Gasteiger partial charge < -0.3 is 30.0 Å². The molecule has 2 saturated carbocycles. The Hall–Kier alpha value is -4.51. The molecule has 11 heteroatoms. The molecule has 0 unspecified atom stereocenters. The van der Waals surface area contributed by atoms with Crippen molar-refractivity contribution in [2.75, 3.05) is 20.3 Å². The second kappa shape index (κ2) is 11.3. The van der Waals surface area contributed by atoms with E-state index < -0.39 is 23.2 Å². The second-order valence-electron chi connectivity index (χ2n) is 11.3. The molecule has 2 aliphatic rings. The molecular weight excluding hydrogens is 553 g/mol. The number of rotatable bonds is 12. The molecule has 0 saturated heterocycles. The number of aliphatic hydroxyl groups is 1. The van der Waals surface area contributed by atoms with Gasteiger partial charge in [-0.2, -0.15) is 0 Å². The molecule has 10 nitrogen and oxygen atoms in total. The predicted octanol–water partition coefficient (Wildman–Crippen LogP) is 3.88. The summed E-state index contributed by atoms with van der Waals surface area (Å²) in [4.78, 5) is 35.0. The molecule has 3 heterocycles. The maximum Gasteiger partial charge on any atom is 0.253 e. The lowest BCUT2D eigenvalue weighted by molar-refractivity contribution is -0.117. The van der Waals surface area contributed by atoms with Gasteiger partial charge in [-0.05, 0) is 74.9 Å². The first-order valence-electron chi connectivity index (χ1n) is 14.5. The number of nitrogens with one attached hydrogen (secondary N) is 1. The maximum absolute atomic E-state index is 13.8. The number of ether oxygens (including phenoxy) is 2. The van der Waals surface area contributed by atoms with Crippen molar-refractivity contribution in [3.8, 4) is 22.8 Å². The molecule has 6 rings (SSSR count). The zero-order chi connectivity index (χ0) is 30.3. The van der Waals surface area contributed by atoms with Gasteiger partial charge in [-0.3, -0.25) is 9.59 Å². The molecule has 4 aromatic rings. The number of carbonyl (C=O) groups is 2. The molecule has 2 amide bonds. The van der Waals surface area contributed by atoms with Crippen LogP contribution in [0.3, 0.4) is 0 Å². The van der Waals surface area contributed by atoms with Crippen molar-refractivity contribution >= 4 is 17.5 Å². The Bertz CT molecular complexity index is 1700. The highest BCUT2D eigenvalue weighted by Gasteiger charge is 2.47. The lowest BCUT2D eigenvalue weighted by Gasteiger charge is -2.30. The van der Waals surface area contributed by atoms with Crippen LogP contribution in [0.1, 0.15) is 65.8 Å². The Morgan fingerprint density at radius 2 is 1.88 bits per heavy atom. The van der Waals surface area contributed by atoms with Gasteiger partial charge in [0.05, 0.1) is 43.6 Å². The summed E-state index contributed by atoms with van der Waals surface area (Å²) < 4.78 is 27.0. The fourth-order valence-corrected chi connectivity index (χ4v) is 5.49. The van der Waals surface area contributed by atoms with Crippen LogP contribution < -0.4 is 20.5 Å². The number of imidazole rings is 1. The van der Waals surface area contributed by atoms with E-state index in [2.05, 4.69) is 10.3 Å². The summed E-state index contributed by atoms with van der Waals surface area (Å²) in [6.45, 7) is 1.96. The number of halogens is 1. The predicted molar refractivity (Wildman–Crippen MR) is 156 cm³/mol. The largest absolute Gasteiger partial charge is 0.493 e. The van der Waals surface area contributed by atoms with Gasteiger partial charge in [0.25, 0.3) is 5.91 Å². The van der Waals surface area contributed by atoms with E-state index in [0.717, 1.165) is 31.4 Å². The van der Waals surface area contributed by atoms with Crippen LogP contribution in [-0.2, 0) is 16.8 Å². The number of carbonyl (C=O) groups excluding carboxylic acids is 2. The average molecular weight is 588 g/mol. The summed E-state index contributed by atoms with van der Waals surface area (Å²) in [6.07, 6.45) is 7.14. The molecule has 224 valence electrons. The summed E-state index contributed by atoms with van der Waals surface area (Å²) in [5, 5.41) is 15.0. The van der Waals surface area contributed by atoms with E-state index in [1.165, 1.54) is 19.2 Å². The molecule has 1 aromatic carbocycles. The van der Waals surface area contributed by atoms with Gasteiger partial charge in [0.2, 0.25) is 5.91 Å². The lowest BCUT2D eigenvalue weighted by atomic mass is 9.90. The van der Waals surface area contributed by atoms with Crippen LogP contribution in [0.4, 0.5) is 4.39 Å². The first-order chi connectivity index (χ1) is 20.7. The number of methoxy groups -OCH3 is 1. The standard InChI is InChI=1S/C32H34FN5O5/c1-3-43-29-20(14-27(34)39)13-26(37-28(29)19-6-10-23(33)11-7-19)32(41,22-8-9-22)17-35-31(40)21-12-25(42-2)30-36-24(18-4-5-18)16-38(30)15-21/h6-7,10-13,15-16,18,22,41H,3-5,8-9,14,17H2,1-2H3,(H2,34,39)(H,35,40)/t32-/m1/s1. The molecule has 2 aliphatic carbocycles. The first-order valence-corrected chi connectivity index (χ1v) is 14.5. The quantitative estimate of drug-likeness (QED) is 0.229. The zero-order valence-corrected chi connectivity index (χ0v) is 24.1. The molecule has 3 aromatic heterocycles. The van der Waals surface area contributed by atoms with Gasteiger partial charge in [0.15, 0.2) is 11.4 Å². The van der Waals surface area contributed by atoms with Crippen molar-refractivity contribution in [2.24, 2.45) is 11.7 Å². The van der Waals surface area contributed by atoms with E-state index in [-0.39, 0.29) is 31.2 Å². The van der Waals surface area contributed by atoms with Crippen molar-refractivity contribution in [2.45, 2.75) is 50.5 Å². The van der Waals surface area contributed by atoms with E-state index in [1.54, 1.807) is 41.8 Å². The van der Waals surface area contributed by atoms with Crippen molar-refractivity contribution in [1.29, 1.82) is 0 Å². The van der Waals surface area contributed by atoms with Crippen LogP contribution in [0.2, 0.25) is 0 Å². The van der Waals surface area contributed by atoms with Crippen molar-refractivity contribution in [1.82, 2.24) is 19.7 Å². The SMILES string of the molecule is CCOc1c(CC(N)=O)cc([C@@](O)(CNC(=O)c2cc(OC)c3nc(C4CC4)cn3c2)C2CC2)nc1-c1ccc(F)cc1. The smallest absolute Gasteiger partial charge is 0.253 e. The number of hydrogen-bond acceptors (Lipinski definition) is 7. The topological polar surface area (TPSA) is 141 Å². The van der Waals surface area contributed by atoms with Gasteiger partial charge in [-0.1, -0.05) is 0 Å². The highest BCUT2D eigenvalue weighted by Crippen LogP contribution is 2.47. The van der Waals surface area contributed by atoms with Gasteiger partial charge >= 0.3 is 0 Å².